The van der Waals surface area contributed by atoms with Crippen LogP contribution in [-0.2, 0) is 0 Å². The molecule has 0 aliphatic heterocycles. The molecule has 0 fully saturated rings. The van der Waals surface area contributed by atoms with E-state index in [9.17, 15) is 13.2 Å². The van der Waals surface area contributed by atoms with Gasteiger partial charge in [-0.15, -0.1) is 0 Å². The lowest BCUT2D eigenvalue weighted by molar-refractivity contribution is -0.236. The Morgan fingerprint density at radius 3 is 2.07 bits per heavy atom. The van der Waals surface area contributed by atoms with Crippen molar-refractivity contribution < 1.29 is 18.3 Å². The molecule has 0 radical (unpaired) electrons. The van der Waals surface area contributed by atoms with Gasteiger partial charge in [-0.25, -0.2) is 0 Å². The number of halogens is 3. The molecule has 0 bridgehead atoms. The maximum absolute atomic E-state index is 12.3. The van der Waals surface area contributed by atoms with Gasteiger partial charge in [0, 0.05) is 12.1 Å². The summed E-state index contributed by atoms with van der Waals surface area (Å²) in [5, 5.41) is 16.2. The third-order valence-corrected chi connectivity index (χ3v) is 2.03. The van der Waals surface area contributed by atoms with Crippen LogP contribution < -0.4 is 0 Å². The third kappa shape index (κ3) is 3.14. The van der Waals surface area contributed by atoms with Crippen molar-refractivity contribution in [2.75, 3.05) is 0 Å². The van der Waals surface area contributed by atoms with Crippen molar-refractivity contribution >= 4 is 5.71 Å². The number of nitrogens with one attached hydrogen (secondary N) is 1. The lowest BCUT2D eigenvalue weighted by Gasteiger charge is -2.27. The van der Waals surface area contributed by atoms with E-state index < -0.39 is 11.8 Å². The first-order valence-corrected chi connectivity index (χ1v) is 4.09. The Balaban J connectivity index is 4.75. The second-order valence-corrected chi connectivity index (χ2v) is 3.44. The van der Waals surface area contributed by atoms with Crippen LogP contribution in [0.5, 0.6) is 0 Å². The van der Waals surface area contributed by atoms with Crippen molar-refractivity contribution in [3.05, 3.63) is 11.6 Å². The van der Waals surface area contributed by atoms with Crippen LogP contribution in [0, 0.1) is 5.41 Å². The Kier molecular flexibility index (Phi) is 3.88. The van der Waals surface area contributed by atoms with Gasteiger partial charge in [-0.3, -0.25) is 0 Å². The van der Waals surface area contributed by atoms with Crippen molar-refractivity contribution in [3.8, 4) is 0 Å². The van der Waals surface area contributed by atoms with Crippen LogP contribution in [0.3, 0.4) is 0 Å². The number of hydrogen-bond acceptors (Lipinski definition) is 2. The lowest BCUT2D eigenvalue weighted by Crippen LogP contribution is -2.43. The van der Waals surface area contributed by atoms with E-state index in [0.717, 1.165) is 0 Å². The topological polar surface area (TPSA) is 44.1 Å². The smallest absolute Gasteiger partial charge is 0.377 e. The van der Waals surface area contributed by atoms with Crippen molar-refractivity contribution in [3.63, 3.8) is 0 Å². The minimum Gasteiger partial charge on any atom is -0.377 e. The van der Waals surface area contributed by atoms with Crippen LogP contribution in [-0.4, -0.2) is 22.6 Å². The van der Waals surface area contributed by atoms with E-state index in [0.29, 0.717) is 6.92 Å². The van der Waals surface area contributed by atoms with E-state index in [1.165, 1.54) is 19.9 Å². The van der Waals surface area contributed by atoms with Crippen molar-refractivity contribution in [1.82, 2.24) is 0 Å². The normalized spacial score (nSPS) is 17.8. The molecule has 0 saturated carbocycles. The zero-order chi connectivity index (χ0) is 11.6. The summed E-state index contributed by atoms with van der Waals surface area (Å²) in [6.07, 6.45) is -3.34. The molecule has 2 nitrogen and oxygen atoms in total. The van der Waals surface area contributed by atoms with E-state index in [4.69, 9.17) is 10.5 Å². The average molecular weight is 209 g/mol. The second kappa shape index (κ2) is 4.13. The zero-order valence-corrected chi connectivity index (χ0v) is 8.37. The second-order valence-electron chi connectivity index (χ2n) is 3.44. The molecule has 5 heteroatoms. The van der Waals surface area contributed by atoms with Gasteiger partial charge in [0.15, 0.2) is 5.60 Å². The highest BCUT2D eigenvalue weighted by atomic mass is 19.4. The van der Waals surface area contributed by atoms with E-state index in [2.05, 4.69) is 0 Å². The molecule has 14 heavy (non-hydrogen) atoms. The first kappa shape index (κ1) is 13.2. The standard InChI is InChI=1S/C9H14F3NO/c1-6(4-5-7(2)13)8(3,14)9(10,11)12/h4,13-14H,5H2,1-3H3. The summed E-state index contributed by atoms with van der Waals surface area (Å²) >= 11 is 0. The molecule has 0 amide bonds. The van der Waals surface area contributed by atoms with Gasteiger partial charge in [0.2, 0.25) is 0 Å². The Bertz CT molecular complexity index is 253. The van der Waals surface area contributed by atoms with Gasteiger partial charge in [0.1, 0.15) is 0 Å². The monoisotopic (exact) mass is 209 g/mol. The van der Waals surface area contributed by atoms with Gasteiger partial charge in [0.25, 0.3) is 0 Å². The summed E-state index contributed by atoms with van der Waals surface area (Å²) < 4.78 is 36.8. The summed E-state index contributed by atoms with van der Waals surface area (Å²) in [4.78, 5) is 0. The molecule has 1 unspecified atom stereocenters. The van der Waals surface area contributed by atoms with Crippen LogP contribution in [0.4, 0.5) is 13.2 Å². The van der Waals surface area contributed by atoms with E-state index >= 15 is 0 Å². The highest BCUT2D eigenvalue weighted by Crippen LogP contribution is 2.35. The molecule has 1 atom stereocenters. The fourth-order valence-electron chi connectivity index (χ4n) is 0.728. The Morgan fingerprint density at radius 2 is 1.79 bits per heavy atom. The van der Waals surface area contributed by atoms with Crippen molar-refractivity contribution in [2.45, 2.75) is 39.0 Å². The summed E-state index contributed by atoms with van der Waals surface area (Å²) in [5.74, 6) is 0. The number of aliphatic hydroxyl groups is 1. The summed E-state index contributed by atoms with van der Waals surface area (Å²) in [7, 11) is 0. The van der Waals surface area contributed by atoms with Gasteiger partial charge >= 0.3 is 6.18 Å². The first-order valence-electron chi connectivity index (χ1n) is 4.09. The largest absolute Gasteiger partial charge is 0.420 e. The molecule has 0 aliphatic carbocycles. The Labute approximate surface area is 80.9 Å². The maximum atomic E-state index is 12.3. The maximum Gasteiger partial charge on any atom is 0.420 e. The van der Waals surface area contributed by atoms with E-state index in [1.807, 2.05) is 0 Å². The third-order valence-electron chi connectivity index (χ3n) is 2.03. The van der Waals surface area contributed by atoms with Gasteiger partial charge in [-0.2, -0.15) is 13.2 Å². The molecular formula is C9H14F3NO. The highest BCUT2D eigenvalue weighted by Gasteiger charge is 2.50. The predicted molar refractivity (Wildman–Crippen MR) is 48.5 cm³/mol. The molecule has 0 spiro atoms. The SMILES string of the molecule is CC(=N)CC=C(C)C(C)(O)C(F)(F)F. The van der Waals surface area contributed by atoms with Crippen molar-refractivity contribution in [2.24, 2.45) is 0 Å². The quantitative estimate of drug-likeness (QED) is 0.544. The molecule has 0 aromatic carbocycles. The number of allylic oxidation sites excluding steroid dienone is 1. The fraction of sp³-hybridized carbons (Fsp3) is 0.667. The number of alkyl halides is 3. The summed E-state index contributed by atoms with van der Waals surface area (Å²) in [6, 6.07) is 0. The predicted octanol–water partition coefficient (Wildman–Crippen LogP) is 2.68. The van der Waals surface area contributed by atoms with Crippen LogP contribution >= 0.6 is 0 Å². The van der Waals surface area contributed by atoms with Crippen molar-refractivity contribution in [1.29, 1.82) is 5.41 Å². The van der Waals surface area contributed by atoms with Crippen LogP contribution in [0.15, 0.2) is 11.6 Å². The van der Waals surface area contributed by atoms with E-state index in [-0.39, 0.29) is 17.7 Å². The van der Waals surface area contributed by atoms with Gasteiger partial charge in [0.05, 0.1) is 0 Å². The molecular weight excluding hydrogens is 195 g/mol. The summed E-state index contributed by atoms with van der Waals surface area (Å²) in [5.41, 5.74) is -2.73. The number of hydrogen-bond donors (Lipinski definition) is 2. The van der Waals surface area contributed by atoms with Crippen LogP contribution in [0.25, 0.3) is 0 Å². The molecule has 0 aromatic heterocycles. The minimum absolute atomic E-state index is 0.123. The minimum atomic E-state index is -4.68. The molecule has 0 rings (SSSR count). The highest BCUT2D eigenvalue weighted by molar-refractivity contribution is 5.80. The van der Waals surface area contributed by atoms with Crippen LogP contribution in [0.2, 0.25) is 0 Å². The molecule has 0 aromatic rings. The number of rotatable bonds is 3. The van der Waals surface area contributed by atoms with Gasteiger partial charge < -0.3 is 10.5 Å². The molecule has 2 N–H and O–H groups in total. The average Bonchev–Trinajstić information content (AvgIpc) is 1.97. The molecule has 0 heterocycles. The lowest BCUT2D eigenvalue weighted by atomic mass is 9.95. The van der Waals surface area contributed by atoms with Crippen LogP contribution in [0.1, 0.15) is 27.2 Å². The first-order chi connectivity index (χ1) is 6.09. The molecule has 82 valence electrons. The molecule has 0 aliphatic rings. The molecule has 0 saturated heterocycles. The zero-order valence-electron chi connectivity index (χ0n) is 8.37. The van der Waals surface area contributed by atoms with E-state index in [1.54, 1.807) is 0 Å². The van der Waals surface area contributed by atoms with Gasteiger partial charge in [-0.05, 0) is 26.3 Å². The van der Waals surface area contributed by atoms with Gasteiger partial charge in [-0.1, -0.05) is 6.08 Å². The summed E-state index contributed by atoms with van der Waals surface area (Å²) in [6.45, 7) is 3.40. The Hall–Kier alpha value is -0.840. The Morgan fingerprint density at radius 1 is 1.36 bits per heavy atom. The fourth-order valence-corrected chi connectivity index (χ4v) is 0.728.